The Morgan fingerprint density at radius 3 is 2.53 bits per heavy atom. The predicted molar refractivity (Wildman–Crippen MR) is 78.7 cm³/mol. The molecular weight excluding hydrogens is 284 g/mol. The van der Waals surface area contributed by atoms with Crippen molar-refractivity contribution in [3.63, 3.8) is 0 Å². The maximum Gasteiger partial charge on any atom is 0.162 e. The van der Waals surface area contributed by atoms with Crippen molar-refractivity contribution < 1.29 is 9.47 Å². The van der Waals surface area contributed by atoms with Crippen LogP contribution in [0.1, 0.15) is 17.8 Å². The smallest absolute Gasteiger partial charge is 0.162 e. The molecule has 1 aromatic heterocycles. The molecule has 2 aromatic rings. The third-order valence-corrected chi connectivity index (χ3v) is 3.99. The van der Waals surface area contributed by atoms with Gasteiger partial charge in [0, 0.05) is 23.2 Å². The molecule has 6 heteroatoms. The molecule has 2 rings (SSSR count). The first-order valence-corrected chi connectivity index (χ1v) is 6.98. The van der Waals surface area contributed by atoms with Crippen LogP contribution in [-0.4, -0.2) is 19.2 Å². The number of ether oxygens (including phenoxy) is 2. The summed E-state index contributed by atoms with van der Waals surface area (Å²) in [7, 11) is 3.18. The van der Waals surface area contributed by atoms with E-state index in [1.165, 1.54) is 0 Å². The summed E-state index contributed by atoms with van der Waals surface area (Å²) in [4.78, 5) is 5.21. The van der Waals surface area contributed by atoms with Gasteiger partial charge in [-0.2, -0.15) is 0 Å². The molecule has 0 radical (unpaired) electrons. The van der Waals surface area contributed by atoms with E-state index in [9.17, 15) is 0 Å². The molecular formula is C13H15ClN2O2S. The molecule has 0 aliphatic carbocycles. The second-order valence-electron chi connectivity index (χ2n) is 3.96. The van der Waals surface area contributed by atoms with Gasteiger partial charge < -0.3 is 14.8 Å². The molecule has 0 amide bonds. The first-order chi connectivity index (χ1) is 9.15. The lowest BCUT2D eigenvalue weighted by Crippen LogP contribution is -2.06. The van der Waals surface area contributed by atoms with Crippen LogP contribution in [0.3, 0.4) is 0 Å². The Hall–Kier alpha value is -1.46. The fraction of sp³-hybridized carbons (Fsp3) is 0.308. The van der Waals surface area contributed by atoms with Crippen molar-refractivity contribution in [1.29, 1.82) is 0 Å². The van der Waals surface area contributed by atoms with Crippen molar-refractivity contribution in [2.24, 2.45) is 0 Å². The van der Waals surface area contributed by atoms with Gasteiger partial charge in [0.1, 0.15) is 0 Å². The SMILES string of the molecule is COc1cc(Cl)c(NC(C)c2cncs2)cc1OC. The topological polar surface area (TPSA) is 43.4 Å². The van der Waals surface area contributed by atoms with Crippen molar-refractivity contribution >= 4 is 28.6 Å². The third-order valence-electron chi connectivity index (χ3n) is 2.72. The van der Waals surface area contributed by atoms with E-state index in [2.05, 4.69) is 17.2 Å². The summed E-state index contributed by atoms with van der Waals surface area (Å²) in [5.74, 6) is 1.26. The number of hydrogen-bond acceptors (Lipinski definition) is 5. The first kappa shape index (κ1) is 14.0. The normalized spacial score (nSPS) is 12.0. The Labute approximate surface area is 121 Å². The Morgan fingerprint density at radius 1 is 1.26 bits per heavy atom. The lowest BCUT2D eigenvalue weighted by Gasteiger charge is -2.17. The zero-order valence-electron chi connectivity index (χ0n) is 10.9. The van der Waals surface area contributed by atoms with E-state index in [0.29, 0.717) is 16.5 Å². The number of rotatable bonds is 5. The standard InChI is InChI=1S/C13H15ClN2O2S/c1-8(13-6-15-7-19-13)16-10-5-12(18-3)11(17-2)4-9(10)14/h4-8,16H,1-3H3. The van der Waals surface area contributed by atoms with Gasteiger partial charge in [0.15, 0.2) is 11.5 Å². The third kappa shape index (κ3) is 3.11. The van der Waals surface area contributed by atoms with Crippen LogP contribution in [0.5, 0.6) is 11.5 Å². The number of thiazole rings is 1. The van der Waals surface area contributed by atoms with Crippen LogP contribution in [0.25, 0.3) is 0 Å². The molecule has 0 aliphatic rings. The van der Waals surface area contributed by atoms with Crippen LogP contribution in [0.4, 0.5) is 5.69 Å². The minimum atomic E-state index is 0.128. The second-order valence-corrected chi connectivity index (χ2v) is 5.28. The molecule has 0 aliphatic heterocycles. The molecule has 1 N–H and O–H groups in total. The zero-order chi connectivity index (χ0) is 13.8. The monoisotopic (exact) mass is 298 g/mol. The van der Waals surface area contributed by atoms with Gasteiger partial charge in [-0.15, -0.1) is 11.3 Å². The highest BCUT2D eigenvalue weighted by Gasteiger charge is 2.13. The highest BCUT2D eigenvalue weighted by Crippen LogP contribution is 2.37. The second kappa shape index (κ2) is 6.12. The lowest BCUT2D eigenvalue weighted by molar-refractivity contribution is 0.355. The first-order valence-electron chi connectivity index (χ1n) is 5.72. The maximum absolute atomic E-state index is 6.23. The molecule has 0 fully saturated rings. The zero-order valence-corrected chi connectivity index (χ0v) is 12.5. The molecule has 1 aromatic carbocycles. The van der Waals surface area contributed by atoms with Gasteiger partial charge in [-0.05, 0) is 6.92 Å². The summed E-state index contributed by atoms with van der Waals surface area (Å²) >= 11 is 7.83. The summed E-state index contributed by atoms with van der Waals surface area (Å²) in [5, 5.41) is 3.93. The molecule has 0 spiro atoms. The minimum Gasteiger partial charge on any atom is -0.493 e. The van der Waals surface area contributed by atoms with Crippen LogP contribution in [0.2, 0.25) is 5.02 Å². The van der Waals surface area contributed by atoms with Gasteiger partial charge in [-0.1, -0.05) is 11.6 Å². The Bertz CT molecular complexity index is 546. The molecule has 1 unspecified atom stereocenters. The summed E-state index contributed by atoms with van der Waals surface area (Å²) in [6.45, 7) is 2.06. The average Bonchev–Trinajstić information content (AvgIpc) is 2.94. The van der Waals surface area contributed by atoms with Gasteiger partial charge in [0.05, 0.1) is 36.5 Å². The number of halogens is 1. The van der Waals surface area contributed by atoms with Crippen molar-refractivity contribution in [3.05, 3.63) is 33.7 Å². The quantitative estimate of drug-likeness (QED) is 0.906. The molecule has 19 heavy (non-hydrogen) atoms. The van der Waals surface area contributed by atoms with E-state index in [0.717, 1.165) is 10.6 Å². The molecule has 1 heterocycles. The van der Waals surface area contributed by atoms with E-state index >= 15 is 0 Å². The van der Waals surface area contributed by atoms with Crippen LogP contribution < -0.4 is 14.8 Å². The Balaban J connectivity index is 2.25. The minimum absolute atomic E-state index is 0.128. The fourth-order valence-electron chi connectivity index (χ4n) is 1.71. The highest BCUT2D eigenvalue weighted by molar-refractivity contribution is 7.09. The molecule has 102 valence electrons. The van der Waals surface area contributed by atoms with Crippen molar-refractivity contribution in [3.8, 4) is 11.5 Å². The van der Waals surface area contributed by atoms with Crippen LogP contribution in [-0.2, 0) is 0 Å². The number of nitrogens with one attached hydrogen (secondary N) is 1. The van der Waals surface area contributed by atoms with Gasteiger partial charge in [0.25, 0.3) is 0 Å². The largest absolute Gasteiger partial charge is 0.493 e. The molecule has 4 nitrogen and oxygen atoms in total. The van der Waals surface area contributed by atoms with Gasteiger partial charge in [-0.3, -0.25) is 4.98 Å². The maximum atomic E-state index is 6.23. The van der Waals surface area contributed by atoms with Gasteiger partial charge in [0.2, 0.25) is 0 Å². The van der Waals surface area contributed by atoms with Crippen LogP contribution in [0, 0.1) is 0 Å². The van der Waals surface area contributed by atoms with E-state index in [1.54, 1.807) is 31.6 Å². The summed E-state index contributed by atoms with van der Waals surface area (Å²) in [6.07, 6.45) is 1.84. The van der Waals surface area contributed by atoms with E-state index < -0.39 is 0 Å². The summed E-state index contributed by atoms with van der Waals surface area (Å²) in [6, 6.07) is 3.70. The van der Waals surface area contributed by atoms with Crippen molar-refractivity contribution in [1.82, 2.24) is 4.98 Å². The molecule has 1 atom stereocenters. The predicted octanol–water partition coefficient (Wildman–Crippen LogP) is 3.99. The molecule has 0 saturated carbocycles. The number of methoxy groups -OCH3 is 2. The molecule has 0 saturated heterocycles. The lowest BCUT2D eigenvalue weighted by atomic mass is 10.2. The Kier molecular flexibility index (Phi) is 4.50. The number of hydrogen-bond donors (Lipinski definition) is 1. The van der Waals surface area contributed by atoms with Crippen molar-refractivity contribution in [2.45, 2.75) is 13.0 Å². The Morgan fingerprint density at radius 2 is 1.95 bits per heavy atom. The van der Waals surface area contributed by atoms with E-state index in [1.807, 2.05) is 17.8 Å². The van der Waals surface area contributed by atoms with Crippen molar-refractivity contribution in [2.75, 3.05) is 19.5 Å². The molecule has 0 bridgehead atoms. The average molecular weight is 299 g/mol. The number of benzene rings is 1. The number of aromatic nitrogens is 1. The van der Waals surface area contributed by atoms with E-state index in [-0.39, 0.29) is 6.04 Å². The van der Waals surface area contributed by atoms with Gasteiger partial charge in [-0.25, -0.2) is 0 Å². The van der Waals surface area contributed by atoms with E-state index in [4.69, 9.17) is 21.1 Å². The number of anilines is 1. The number of nitrogens with zero attached hydrogens (tertiary/aromatic N) is 1. The summed E-state index contributed by atoms with van der Waals surface area (Å²) in [5.41, 5.74) is 2.62. The van der Waals surface area contributed by atoms with Crippen LogP contribution >= 0.6 is 22.9 Å². The fourth-order valence-corrected chi connectivity index (χ4v) is 2.55. The summed E-state index contributed by atoms with van der Waals surface area (Å²) < 4.78 is 10.5. The van der Waals surface area contributed by atoms with Gasteiger partial charge >= 0.3 is 0 Å². The highest BCUT2D eigenvalue weighted by atomic mass is 35.5. The van der Waals surface area contributed by atoms with Crippen LogP contribution in [0.15, 0.2) is 23.8 Å².